The SMILES string of the molecule is O=Cc1ccc2c(c1)ncn2-c1cccc(-c2ncccn2)c1. The van der Waals surface area contributed by atoms with Crippen LogP contribution in [0.4, 0.5) is 0 Å². The van der Waals surface area contributed by atoms with E-state index in [0.717, 1.165) is 28.6 Å². The van der Waals surface area contributed by atoms with Crippen molar-refractivity contribution < 1.29 is 4.79 Å². The molecule has 0 saturated carbocycles. The number of carbonyl (C=O) groups is 1. The van der Waals surface area contributed by atoms with E-state index in [9.17, 15) is 4.79 Å². The van der Waals surface area contributed by atoms with Gasteiger partial charge in [0.05, 0.1) is 11.0 Å². The van der Waals surface area contributed by atoms with Crippen LogP contribution in [0.5, 0.6) is 0 Å². The van der Waals surface area contributed by atoms with Gasteiger partial charge in [0.25, 0.3) is 0 Å². The zero-order chi connectivity index (χ0) is 15.6. The first-order valence-corrected chi connectivity index (χ1v) is 7.15. The first-order valence-electron chi connectivity index (χ1n) is 7.15. The Morgan fingerprint density at radius 1 is 0.913 bits per heavy atom. The first kappa shape index (κ1) is 13.3. The number of carbonyl (C=O) groups excluding carboxylic acids is 1. The molecule has 0 radical (unpaired) electrons. The molecule has 0 aliphatic rings. The largest absolute Gasteiger partial charge is 0.299 e. The van der Waals surface area contributed by atoms with Crippen molar-refractivity contribution in [1.29, 1.82) is 0 Å². The summed E-state index contributed by atoms with van der Waals surface area (Å²) in [6.45, 7) is 0. The fraction of sp³-hybridized carbons (Fsp3) is 0. The van der Waals surface area contributed by atoms with Crippen molar-refractivity contribution in [2.75, 3.05) is 0 Å². The van der Waals surface area contributed by atoms with Crippen LogP contribution in [0.15, 0.2) is 67.3 Å². The fourth-order valence-electron chi connectivity index (χ4n) is 2.55. The number of hydrogen-bond acceptors (Lipinski definition) is 4. The Hall–Kier alpha value is -3.34. The quantitative estimate of drug-likeness (QED) is 0.545. The molecule has 0 amide bonds. The molecule has 5 heteroatoms. The van der Waals surface area contributed by atoms with E-state index < -0.39 is 0 Å². The average molecular weight is 300 g/mol. The minimum absolute atomic E-state index is 0.620. The molecule has 110 valence electrons. The summed E-state index contributed by atoms with van der Waals surface area (Å²) in [6.07, 6.45) is 6.03. The minimum atomic E-state index is 0.620. The van der Waals surface area contributed by atoms with Crippen molar-refractivity contribution in [3.05, 3.63) is 72.8 Å². The standard InChI is InChI=1S/C18H12N4O/c23-11-13-5-6-17-16(9-13)21-12-22(17)15-4-1-3-14(10-15)18-19-7-2-8-20-18/h1-12H. The van der Waals surface area contributed by atoms with E-state index in [0.29, 0.717) is 11.4 Å². The van der Waals surface area contributed by atoms with Gasteiger partial charge in [-0.05, 0) is 36.4 Å². The monoisotopic (exact) mass is 300 g/mol. The van der Waals surface area contributed by atoms with Gasteiger partial charge >= 0.3 is 0 Å². The molecule has 0 atom stereocenters. The predicted molar refractivity (Wildman–Crippen MR) is 87.5 cm³/mol. The summed E-state index contributed by atoms with van der Waals surface area (Å²) >= 11 is 0. The maximum atomic E-state index is 10.9. The van der Waals surface area contributed by atoms with E-state index in [1.165, 1.54) is 0 Å². The van der Waals surface area contributed by atoms with Crippen LogP contribution in [0.3, 0.4) is 0 Å². The van der Waals surface area contributed by atoms with Crippen molar-refractivity contribution >= 4 is 17.3 Å². The Labute approximate surface area is 132 Å². The van der Waals surface area contributed by atoms with Gasteiger partial charge in [0, 0.05) is 29.2 Å². The van der Waals surface area contributed by atoms with E-state index in [1.54, 1.807) is 36.9 Å². The number of hydrogen-bond donors (Lipinski definition) is 0. The third kappa shape index (κ3) is 2.38. The highest BCUT2D eigenvalue weighted by Gasteiger charge is 2.07. The molecule has 0 saturated heterocycles. The van der Waals surface area contributed by atoms with Crippen molar-refractivity contribution in [2.45, 2.75) is 0 Å². The number of nitrogens with zero attached hydrogens (tertiary/aromatic N) is 4. The number of aldehydes is 1. The minimum Gasteiger partial charge on any atom is -0.299 e. The van der Waals surface area contributed by atoms with Crippen LogP contribution in [-0.2, 0) is 0 Å². The highest BCUT2D eigenvalue weighted by molar-refractivity contribution is 5.85. The van der Waals surface area contributed by atoms with Crippen molar-refractivity contribution in [2.24, 2.45) is 0 Å². The zero-order valence-corrected chi connectivity index (χ0v) is 12.1. The first-order chi connectivity index (χ1) is 11.3. The van der Waals surface area contributed by atoms with Crippen molar-refractivity contribution in [1.82, 2.24) is 19.5 Å². The van der Waals surface area contributed by atoms with Gasteiger partial charge in [-0.1, -0.05) is 12.1 Å². The molecular formula is C18H12N4O. The van der Waals surface area contributed by atoms with Gasteiger partial charge in [-0.3, -0.25) is 9.36 Å². The second kappa shape index (κ2) is 5.46. The lowest BCUT2D eigenvalue weighted by Crippen LogP contribution is -1.94. The van der Waals surface area contributed by atoms with Gasteiger partial charge in [0.15, 0.2) is 5.82 Å². The fourth-order valence-corrected chi connectivity index (χ4v) is 2.55. The molecule has 0 unspecified atom stereocenters. The van der Waals surface area contributed by atoms with E-state index in [1.807, 2.05) is 34.9 Å². The molecule has 5 nitrogen and oxygen atoms in total. The molecule has 2 aromatic heterocycles. The zero-order valence-electron chi connectivity index (χ0n) is 12.1. The molecule has 0 bridgehead atoms. The number of benzene rings is 2. The normalized spacial score (nSPS) is 10.8. The summed E-state index contributed by atoms with van der Waals surface area (Å²) in [5.74, 6) is 0.682. The van der Waals surface area contributed by atoms with Crippen LogP contribution in [0.2, 0.25) is 0 Å². The molecule has 4 aromatic rings. The number of fused-ring (bicyclic) bond motifs is 1. The van der Waals surface area contributed by atoms with Crippen LogP contribution in [0, 0.1) is 0 Å². The van der Waals surface area contributed by atoms with Crippen molar-refractivity contribution in [3.8, 4) is 17.1 Å². The molecule has 0 fully saturated rings. The lowest BCUT2D eigenvalue weighted by molar-refractivity contribution is 0.112. The van der Waals surface area contributed by atoms with Gasteiger partial charge in [0.1, 0.15) is 12.6 Å². The Kier molecular flexibility index (Phi) is 3.16. The number of aromatic nitrogens is 4. The Balaban J connectivity index is 1.84. The molecule has 0 aliphatic heterocycles. The molecular weight excluding hydrogens is 288 g/mol. The van der Waals surface area contributed by atoms with Crippen molar-refractivity contribution in [3.63, 3.8) is 0 Å². The molecule has 0 aliphatic carbocycles. The van der Waals surface area contributed by atoms with E-state index in [4.69, 9.17) is 0 Å². The van der Waals surface area contributed by atoms with Crippen LogP contribution in [0.1, 0.15) is 10.4 Å². The van der Waals surface area contributed by atoms with Crippen LogP contribution in [-0.4, -0.2) is 25.8 Å². The molecule has 4 rings (SSSR count). The number of rotatable bonds is 3. The highest BCUT2D eigenvalue weighted by atomic mass is 16.1. The van der Waals surface area contributed by atoms with E-state index in [-0.39, 0.29) is 0 Å². The Morgan fingerprint density at radius 3 is 2.61 bits per heavy atom. The summed E-state index contributed by atoms with van der Waals surface area (Å²) in [7, 11) is 0. The maximum absolute atomic E-state index is 10.9. The molecule has 0 N–H and O–H groups in total. The maximum Gasteiger partial charge on any atom is 0.159 e. The van der Waals surface area contributed by atoms with Gasteiger partial charge in [-0.2, -0.15) is 0 Å². The summed E-state index contributed by atoms with van der Waals surface area (Å²) < 4.78 is 1.98. The lowest BCUT2D eigenvalue weighted by atomic mass is 10.1. The van der Waals surface area contributed by atoms with Gasteiger partial charge in [-0.25, -0.2) is 15.0 Å². The molecule has 0 spiro atoms. The van der Waals surface area contributed by atoms with E-state index >= 15 is 0 Å². The summed E-state index contributed by atoms with van der Waals surface area (Å²) in [5, 5.41) is 0. The third-order valence-electron chi connectivity index (χ3n) is 3.66. The van der Waals surface area contributed by atoms with Crippen LogP contribution >= 0.6 is 0 Å². The second-order valence-corrected chi connectivity index (χ2v) is 5.10. The van der Waals surface area contributed by atoms with Crippen LogP contribution in [0.25, 0.3) is 28.1 Å². The predicted octanol–water partition coefficient (Wildman–Crippen LogP) is 3.30. The topological polar surface area (TPSA) is 60.7 Å². The van der Waals surface area contributed by atoms with Gasteiger partial charge in [-0.15, -0.1) is 0 Å². The third-order valence-corrected chi connectivity index (χ3v) is 3.66. The highest BCUT2D eigenvalue weighted by Crippen LogP contribution is 2.22. The second-order valence-electron chi connectivity index (χ2n) is 5.10. The van der Waals surface area contributed by atoms with Crippen LogP contribution < -0.4 is 0 Å². The number of imidazole rings is 1. The summed E-state index contributed by atoms with van der Waals surface area (Å²) in [4.78, 5) is 23.8. The van der Waals surface area contributed by atoms with E-state index in [2.05, 4.69) is 15.0 Å². The molecule has 2 aromatic carbocycles. The summed E-state index contributed by atoms with van der Waals surface area (Å²) in [6, 6.07) is 15.2. The smallest absolute Gasteiger partial charge is 0.159 e. The lowest BCUT2D eigenvalue weighted by Gasteiger charge is -2.06. The average Bonchev–Trinajstić information content (AvgIpc) is 3.05. The Morgan fingerprint density at radius 2 is 1.78 bits per heavy atom. The van der Waals surface area contributed by atoms with Gasteiger partial charge in [0.2, 0.25) is 0 Å². The summed E-state index contributed by atoms with van der Waals surface area (Å²) in [5.41, 5.74) is 4.26. The van der Waals surface area contributed by atoms with Gasteiger partial charge < -0.3 is 0 Å². The Bertz CT molecular complexity index is 992. The molecule has 23 heavy (non-hydrogen) atoms. The molecule has 2 heterocycles.